The van der Waals surface area contributed by atoms with Crippen LogP contribution in [-0.4, -0.2) is 54.9 Å². The van der Waals surface area contributed by atoms with E-state index in [2.05, 4.69) is 19.7 Å². The van der Waals surface area contributed by atoms with Crippen molar-refractivity contribution in [1.82, 2.24) is 10.0 Å². The van der Waals surface area contributed by atoms with E-state index in [4.69, 9.17) is 4.74 Å². The van der Waals surface area contributed by atoms with Gasteiger partial charge in [-0.25, -0.2) is 13.1 Å². The third-order valence-corrected chi connectivity index (χ3v) is 6.25. The van der Waals surface area contributed by atoms with Crippen LogP contribution < -0.4 is 24.4 Å². The van der Waals surface area contributed by atoms with E-state index in [-0.39, 0.29) is 23.6 Å². The van der Waals surface area contributed by atoms with E-state index >= 15 is 0 Å². The largest absolute Gasteiger partial charge is 0.495 e. The first-order valence-electron chi connectivity index (χ1n) is 9.57. The Balaban J connectivity index is 1.72. The van der Waals surface area contributed by atoms with Crippen LogP contribution in [0, 0.1) is 0 Å². The number of para-hydroxylation sites is 1. The van der Waals surface area contributed by atoms with Crippen molar-refractivity contribution in [2.24, 2.45) is 0 Å². The summed E-state index contributed by atoms with van der Waals surface area (Å²) in [5, 5.41) is 3.26. The van der Waals surface area contributed by atoms with Crippen molar-refractivity contribution in [3.8, 4) is 11.5 Å². The van der Waals surface area contributed by atoms with Crippen LogP contribution in [0.1, 0.15) is 5.56 Å². The van der Waals surface area contributed by atoms with Gasteiger partial charge in [0, 0.05) is 32.7 Å². The fourth-order valence-corrected chi connectivity index (χ4v) is 4.37. The summed E-state index contributed by atoms with van der Waals surface area (Å²) in [5.74, 6) is 0.645. The fourth-order valence-electron chi connectivity index (χ4n) is 3.31. The van der Waals surface area contributed by atoms with Gasteiger partial charge in [0.1, 0.15) is 11.5 Å². The number of nitrogens with zero attached hydrogens (tertiary/aromatic N) is 1. The van der Waals surface area contributed by atoms with Crippen molar-refractivity contribution < 1.29 is 26.7 Å². The molecule has 1 fully saturated rings. The third kappa shape index (κ3) is 5.59. The first-order chi connectivity index (χ1) is 14.4. The summed E-state index contributed by atoms with van der Waals surface area (Å²) in [5.41, 5.74) is 1.22. The molecular weight excluding hydrogens is 416 g/mol. The van der Waals surface area contributed by atoms with Crippen LogP contribution in [0.3, 0.4) is 0 Å². The second-order valence-corrected chi connectivity index (χ2v) is 8.47. The second kappa shape index (κ2) is 10.1. The Morgan fingerprint density at radius 1 is 1.13 bits per heavy atom. The monoisotopic (exact) mass is 441 g/mol. The lowest BCUT2D eigenvalue weighted by Crippen LogP contribution is -2.43. The molecule has 2 N–H and O–H groups in total. The third-order valence-electron chi connectivity index (χ3n) is 4.79. The van der Waals surface area contributed by atoms with Gasteiger partial charge < -0.3 is 19.7 Å². The van der Waals surface area contributed by atoms with Crippen molar-refractivity contribution in [3.05, 3.63) is 48.0 Å². The molecule has 0 amide bonds. The highest BCUT2D eigenvalue weighted by Crippen LogP contribution is 2.31. The number of sulfonamides is 1. The van der Waals surface area contributed by atoms with E-state index in [1.54, 1.807) is 37.4 Å². The van der Waals surface area contributed by atoms with Gasteiger partial charge in [-0.05, 0) is 36.2 Å². The van der Waals surface area contributed by atoms with Gasteiger partial charge in [0.15, 0.2) is 0 Å². The summed E-state index contributed by atoms with van der Waals surface area (Å²) >= 11 is 0. The van der Waals surface area contributed by atoms with Crippen LogP contribution in [0.15, 0.2) is 47.4 Å². The standard InChI is InChI=1S/C20H25F2N3O4S/c1-28-19-7-6-16(14-17(19)25-12-10-23-11-13-25)30(26,27)24-9-8-15-4-2-3-5-18(15)29-20(21)22/h2-7,14,20,23-24H,8-13H2,1H3. The molecule has 0 aliphatic carbocycles. The topological polar surface area (TPSA) is 79.9 Å². The van der Waals surface area contributed by atoms with Gasteiger partial charge in [0.2, 0.25) is 10.0 Å². The van der Waals surface area contributed by atoms with E-state index in [1.807, 2.05) is 0 Å². The molecular formula is C20H25F2N3O4S. The normalized spacial score (nSPS) is 14.7. The molecule has 1 aliphatic rings. The highest BCUT2D eigenvalue weighted by molar-refractivity contribution is 7.89. The molecule has 1 saturated heterocycles. The molecule has 0 atom stereocenters. The maximum atomic E-state index is 12.8. The maximum absolute atomic E-state index is 12.8. The van der Waals surface area contributed by atoms with E-state index in [1.165, 1.54) is 12.1 Å². The highest BCUT2D eigenvalue weighted by atomic mass is 32.2. The summed E-state index contributed by atoms with van der Waals surface area (Å²) in [6, 6.07) is 11.0. The molecule has 0 radical (unpaired) electrons. The number of halogens is 2. The Morgan fingerprint density at radius 3 is 2.57 bits per heavy atom. The summed E-state index contributed by atoms with van der Waals surface area (Å²) in [6.45, 7) is 0.200. The molecule has 164 valence electrons. The molecule has 1 aliphatic heterocycles. The number of methoxy groups -OCH3 is 1. The van der Waals surface area contributed by atoms with Crippen LogP contribution in [0.4, 0.5) is 14.5 Å². The Kier molecular flexibility index (Phi) is 7.46. The number of hydrogen-bond acceptors (Lipinski definition) is 6. The van der Waals surface area contributed by atoms with Crippen molar-refractivity contribution in [2.75, 3.05) is 44.7 Å². The number of alkyl halides is 2. The van der Waals surface area contributed by atoms with Gasteiger partial charge in [0.05, 0.1) is 17.7 Å². The molecule has 0 unspecified atom stereocenters. The van der Waals surface area contributed by atoms with Gasteiger partial charge in [-0.2, -0.15) is 8.78 Å². The average Bonchev–Trinajstić information content (AvgIpc) is 2.74. The van der Waals surface area contributed by atoms with Gasteiger partial charge in [-0.1, -0.05) is 18.2 Å². The lowest BCUT2D eigenvalue weighted by Gasteiger charge is -2.30. The van der Waals surface area contributed by atoms with E-state index in [0.29, 0.717) is 11.3 Å². The predicted molar refractivity (Wildman–Crippen MR) is 110 cm³/mol. The van der Waals surface area contributed by atoms with Gasteiger partial charge >= 0.3 is 6.61 Å². The minimum atomic E-state index is -3.79. The zero-order valence-corrected chi connectivity index (χ0v) is 17.4. The minimum absolute atomic E-state index is 0.0390. The zero-order chi connectivity index (χ0) is 21.6. The zero-order valence-electron chi connectivity index (χ0n) is 16.6. The number of piperazine rings is 1. The smallest absolute Gasteiger partial charge is 0.387 e. The van der Waals surface area contributed by atoms with Crippen molar-refractivity contribution in [1.29, 1.82) is 0 Å². The second-order valence-electron chi connectivity index (χ2n) is 6.70. The average molecular weight is 442 g/mol. The van der Waals surface area contributed by atoms with Crippen LogP contribution >= 0.6 is 0 Å². The summed E-state index contributed by atoms with van der Waals surface area (Å²) in [4.78, 5) is 2.20. The molecule has 7 nitrogen and oxygen atoms in total. The number of ether oxygens (including phenoxy) is 2. The molecule has 1 heterocycles. The number of nitrogens with one attached hydrogen (secondary N) is 2. The fraction of sp³-hybridized carbons (Fsp3) is 0.400. The van der Waals surface area contributed by atoms with Crippen molar-refractivity contribution in [3.63, 3.8) is 0 Å². The Labute approximate surface area is 175 Å². The minimum Gasteiger partial charge on any atom is -0.495 e. The number of anilines is 1. The van der Waals surface area contributed by atoms with Crippen LogP contribution in [0.25, 0.3) is 0 Å². The Hall–Kier alpha value is -2.43. The molecule has 2 aromatic carbocycles. The van der Waals surface area contributed by atoms with Gasteiger partial charge in [0.25, 0.3) is 0 Å². The quantitative estimate of drug-likeness (QED) is 0.621. The molecule has 10 heteroatoms. The number of rotatable bonds is 9. The van der Waals surface area contributed by atoms with Crippen LogP contribution in [-0.2, 0) is 16.4 Å². The van der Waals surface area contributed by atoms with E-state index in [9.17, 15) is 17.2 Å². The molecule has 0 spiro atoms. The Bertz CT molecular complexity index is 951. The molecule has 0 saturated carbocycles. The van der Waals surface area contributed by atoms with Crippen LogP contribution in [0.5, 0.6) is 11.5 Å². The molecule has 30 heavy (non-hydrogen) atoms. The first kappa shape index (κ1) is 22.3. The number of hydrogen-bond donors (Lipinski definition) is 2. The lowest BCUT2D eigenvalue weighted by molar-refractivity contribution is -0.0504. The van der Waals surface area contributed by atoms with Gasteiger partial charge in [-0.15, -0.1) is 0 Å². The van der Waals surface area contributed by atoms with Crippen molar-refractivity contribution >= 4 is 15.7 Å². The summed E-state index contributed by atoms with van der Waals surface area (Å²) < 4.78 is 63.1. The number of benzene rings is 2. The van der Waals surface area contributed by atoms with Crippen LogP contribution in [0.2, 0.25) is 0 Å². The molecule has 0 aromatic heterocycles. The van der Waals surface area contributed by atoms with Gasteiger partial charge in [-0.3, -0.25) is 0 Å². The molecule has 0 bridgehead atoms. The predicted octanol–water partition coefficient (Wildman–Crippen LogP) is 2.23. The highest BCUT2D eigenvalue weighted by Gasteiger charge is 2.20. The van der Waals surface area contributed by atoms with Crippen molar-refractivity contribution in [2.45, 2.75) is 17.9 Å². The lowest BCUT2D eigenvalue weighted by atomic mass is 10.1. The first-order valence-corrected chi connectivity index (χ1v) is 11.0. The summed E-state index contributed by atoms with van der Waals surface area (Å²) in [7, 11) is -2.24. The molecule has 2 aromatic rings. The maximum Gasteiger partial charge on any atom is 0.387 e. The Morgan fingerprint density at radius 2 is 1.87 bits per heavy atom. The van der Waals surface area contributed by atoms with E-state index < -0.39 is 16.6 Å². The summed E-state index contributed by atoms with van der Waals surface area (Å²) in [6.07, 6.45) is 0.211. The van der Waals surface area contributed by atoms with E-state index in [0.717, 1.165) is 31.9 Å². The SMILES string of the molecule is COc1ccc(S(=O)(=O)NCCc2ccccc2OC(F)F)cc1N1CCNCC1. The molecule has 3 rings (SSSR count).